The summed E-state index contributed by atoms with van der Waals surface area (Å²) in [5.41, 5.74) is 0. The molecule has 0 N–H and O–H groups in total. The van der Waals surface area contributed by atoms with E-state index in [0.29, 0.717) is 0 Å². The molecule has 0 atom stereocenters. The molecule has 0 aliphatic rings. The second kappa shape index (κ2) is 88.6. The Hall–Kier alpha value is -1.13. The summed E-state index contributed by atoms with van der Waals surface area (Å²) in [6.45, 7) is 9.07. The van der Waals surface area contributed by atoms with E-state index in [1.807, 2.05) is 0 Å². The molecule has 0 rings (SSSR count). The van der Waals surface area contributed by atoms with Gasteiger partial charge in [-0.15, -0.1) is 0 Å². The molecule has 82 heavy (non-hydrogen) atoms. The van der Waals surface area contributed by atoms with Gasteiger partial charge in [0.2, 0.25) is 0 Å². The van der Waals surface area contributed by atoms with Crippen molar-refractivity contribution in [1.29, 1.82) is 0 Å². The normalized spacial score (nSPS) is 10.6. The number of carboxylic acids is 4. The van der Waals surface area contributed by atoms with Crippen LogP contribution in [0.4, 0.5) is 0 Å². The molecule has 0 spiro atoms. The molecule has 0 saturated heterocycles. The number of rotatable bonds is 64. The molecule has 10 heteroatoms. The van der Waals surface area contributed by atoms with Gasteiger partial charge in [-0.2, -0.15) is 0 Å². The summed E-state index contributed by atoms with van der Waals surface area (Å²) in [7, 11) is 0. The summed E-state index contributed by atoms with van der Waals surface area (Å²) in [6.07, 6.45) is 79.4. The monoisotopic (exact) mass is 1250 g/mol. The van der Waals surface area contributed by atoms with Crippen LogP contribution in [0, 0.1) is 0 Å². The maximum atomic E-state index is 10.2. The van der Waals surface area contributed by atoms with E-state index in [1.165, 1.54) is 334 Å². The van der Waals surface area contributed by atoms with Crippen LogP contribution in [0.5, 0.6) is 0 Å². The molecule has 0 amide bonds. The minimum Gasteiger partial charge on any atom is -0.550 e. The fourth-order valence-electron chi connectivity index (χ4n) is 10.6. The van der Waals surface area contributed by atoms with Crippen molar-refractivity contribution >= 4 is 23.9 Å². The van der Waals surface area contributed by atoms with Crippen LogP contribution in [0.3, 0.4) is 0 Å². The molecule has 0 unspecified atom stereocenters. The number of carboxylic acid groups (broad SMARTS) is 4. The number of carbonyl (C=O) groups excluding carboxylic acids is 4. The zero-order valence-corrected chi connectivity index (χ0v) is 57.1. The van der Waals surface area contributed by atoms with Crippen molar-refractivity contribution in [2.75, 3.05) is 0 Å². The van der Waals surface area contributed by atoms with Gasteiger partial charge in [-0.05, 0) is 51.4 Å². The number of unbranched alkanes of at least 4 members (excludes halogenated alkanes) is 56. The third kappa shape index (κ3) is 107. The molecule has 0 heterocycles. The zero-order chi connectivity index (χ0) is 59.6. The Morgan fingerprint density at radius 1 is 0.159 bits per heavy atom. The van der Waals surface area contributed by atoms with Crippen LogP contribution in [0.25, 0.3) is 0 Å². The van der Waals surface area contributed by atoms with Crippen LogP contribution in [-0.4, -0.2) is 23.9 Å². The van der Waals surface area contributed by atoms with Gasteiger partial charge < -0.3 is 39.6 Å². The van der Waals surface area contributed by atoms with Crippen LogP contribution < -0.4 is 20.4 Å². The van der Waals surface area contributed by atoms with Crippen LogP contribution in [-0.2, 0) is 52.2 Å². The van der Waals surface area contributed by atoms with Crippen molar-refractivity contribution in [3.63, 3.8) is 0 Å². The smallest absolute Gasteiger partial charge is 0.550 e. The molecule has 0 fully saturated rings. The molecular formula is C72H140Ni2O8. The first-order valence-corrected chi connectivity index (χ1v) is 35.9. The van der Waals surface area contributed by atoms with Crippen molar-refractivity contribution in [3.05, 3.63) is 0 Å². The Labute approximate surface area is 532 Å². The van der Waals surface area contributed by atoms with Crippen molar-refractivity contribution in [3.8, 4) is 0 Å². The summed E-state index contributed by atoms with van der Waals surface area (Å²) in [4.78, 5) is 40.9. The van der Waals surface area contributed by atoms with Gasteiger partial charge in [-0.3, -0.25) is 0 Å². The topological polar surface area (TPSA) is 161 Å². The molecule has 0 aliphatic carbocycles. The Balaban J connectivity index is -0.000000233. The summed E-state index contributed by atoms with van der Waals surface area (Å²) in [5, 5.41) is 40.9. The maximum absolute atomic E-state index is 10.2. The van der Waals surface area contributed by atoms with E-state index in [4.69, 9.17) is 0 Å². The predicted molar refractivity (Wildman–Crippen MR) is 338 cm³/mol. The molecule has 0 bridgehead atoms. The van der Waals surface area contributed by atoms with Gasteiger partial charge in [-0.1, -0.05) is 387 Å². The van der Waals surface area contributed by atoms with Crippen molar-refractivity contribution < 1.29 is 72.6 Å². The van der Waals surface area contributed by atoms with Crippen LogP contribution in [0.15, 0.2) is 0 Å². The van der Waals surface area contributed by atoms with E-state index < -0.39 is 23.9 Å². The standard InChI is InChI=1S/4C18H36O2.2Ni/c4*1-2-3-4-5-6-7-8-9-10-11-12-13-14-15-16-17-18(19)20;;/h4*2-17H2,1H3,(H,19,20);;/q;;;;2*+2/p-4. The third-order valence-electron chi connectivity index (χ3n) is 15.9. The van der Waals surface area contributed by atoms with Gasteiger partial charge in [0.1, 0.15) is 0 Å². The van der Waals surface area contributed by atoms with Crippen LogP contribution in [0.1, 0.15) is 439 Å². The van der Waals surface area contributed by atoms with E-state index >= 15 is 0 Å². The average molecular weight is 1250 g/mol. The minimum absolute atomic E-state index is 0. The summed E-state index contributed by atoms with van der Waals surface area (Å²) in [6, 6.07) is 0. The maximum Gasteiger partial charge on any atom is 2.00 e. The van der Waals surface area contributed by atoms with E-state index in [-0.39, 0.29) is 58.7 Å². The van der Waals surface area contributed by atoms with E-state index in [2.05, 4.69) is 27.7 Å². The molecule has 0 saturated carbocycles. The third-order valence-corrected chi connectivity index (χ3v) is 15.9. The van der Waals surface area contributed by atoms with Gasteiger partial charge in [0.15, 0.2) is 0 Å². The van der Waals surface area contributed by atoms with Crippen LogP contribution >= 0.6 is 0 Å². The van der Waals surface area contributed by atoms with E-state index in [9.17, 15) is 39.6 Å². The molecule has 0 radical (unpaired) electrons. The molecular weight excluding hydrogens is 1110 g/mol. The van der Waals surface area contributed by atoms with Crippen LogP contribution in [0.2, 0.25) is 0 Å². The summed E-state index contributed by atoms with van der Waals surface area (Å²) < 4.78 is 0. The first-order valence-electron chi connectivity index (χ1n) is 35.9. The van der Waals surface area contributed by atoms with Crippen molar-refractivity contribution in [2.24, 2.45) is 0 Å². The Bertz CT molecular complexity index is 996. The Morgan fingerprint density at radius 2 is 0.232 bits per heavy atom. The molecule has 0 aromatic rings. The summed E-state index contributed by atoms with van der Waals surface area (Å²) >= 11 is 0. The van der Waals surface area contributed by atoms with E-state index in [0.717, 1.165) is 51.4 Å². The molecule has 8 nitrogen and oxygen atoms in total. The van der Waals surface area contributed by atoms with Crippen molar-refractivity contribution in [1.82, 2.24) is 0 Å². The van der Waals surface area contributed by atoms with Gasteiger partial charge in [0, 0.05) is 23.9 Å². The number of hydrogen-bond acceptors (Lipinski definition) is 8. The second-order valence-corrected chi connectivity index (χ2v) is 24.3. The Kier molecular flexibility index (Phi) is 99.5. The zero-order valence-electron chi connectivity index (χ0n) is 55.2. The van der Waals surface area contributed by atoms with Gasteiger partial charge in [-0.25, -0.2) is 0 Å². The van der Waals surface area contributed by atoms with Gasteiger partial charge in [0.25, 0.3) is 0 Å². The minimum atomic E-state index is -0.903. The molecule has 0 aromatic carbocycles. The van der Waals surface area contributed by atoms with Gasteiger partial charge >= 0.3 is 33.0 Å². The first kappa shape index (κ1) is 92.0. The quantitative estimate of drug-likeness (QED) is 0.0430. The predicted octanol–water partition coefficient (Wildman–Crippen LogP) is 20.0. The summed E-state index contributed by atoms with van der Waals surface area (Å²) in [5.74, 6) is -3.61. The molecule has 0 aliphatic heterocycles. The Morgan fingerprint density at radius 3 is 0.305 bits per heavy atom. The van der Waals surface area contributed by atoms with Gasteiger partial charge in [0.05, 0.1) is 0 Å². The largest absolute Gasteiger partial charge is 2.00 e. The van der Waals surface area contributed by atoms with E-state index in [1.54, 1.807) is 0 Å². The number of hydrogen-bond donors (Lipinski definition) is 0. The SMILES string of the molecule is CCCCCCCCCCCCCCCCCC(=O)[O-].CCCCCCCCCCCCCCCCCC(=O)[O-].CCCCCCCCCCCCCCCCCC(=O)[O-].CCCCCCCCCCCCCCCCCC(=O)[O-].[Ni+2].[Ni+2]. The average Bonchev–Trinajstić information content (AvgIpc) is 3.43. The second-order valence-electron chi connectivity index (χ2n) is 24.3. The first-order chi connectivity index (χ1) is 39.1. The fourth-order valence-corrected chi connectivity index (χ4v) is 10.6. The number of carbonyl (C=O) groups is 4. The number of aliphatic carboxylic acids is 4. The molecule has 0 aromatic heterocycles. The molecule has 496 valence electrons. The fraction of sp³-hybridized carbons (Fsp3) is 0.944. The van der Waals surface area contributed by atoms with Crippen molar-refractivity contribution in [2.45, 2.75) is 439 Å².